The maximum absolute atomic E-state index is 13.4. The molecule has 1 unspecified atom stereocenters. The number of benzene rings is 2. The highest BCUT2D eigenvalue weighted by Gasteiger charge is 2.35. The fraction of sp³-hybridized carbons (Fsp3) is 0.458. The van der Waals surface area contributed by atoms with Crippen LogP contribution in [0.5, 0.6) is 17.2 Å². The second-order valence-corrected chi connectivity index (χ2v) is 8.49. The molecule has 0 bridgehead atoms. The lowest BCUT2D eigenvalue weighted by Crippen LogP contribution is -3.15. The molecule has 0 spiro atoms. The molecule has 1 heterocycles. The van der Waals surface area contributed by atoms with Crippen molar-refractivity contribution < 1.29 is 41.2 Å². The highest BCUT2D eigenvalue weighted by molar-refractivity contribution is 6.02. The molecule has 1 fully saturated rings. The molecule has 2 aromatic carbocycles. The van der Waals surface area contributed by atoms with Crippen molar-refractivity contribution in [2.75, 3.05) is 59.0 Å². The summed E-state index contributed by atoms with van der Waals surface area (Å²) in [5, 5.41) is 10.9. The minimum Gasteiger partial charge on any atom is -1.00 e. The molecule has 0 amide bonds. The number of non-ortho nitro benzene ring substituents is 1. The molecular formula is C24H30ClN3O6. The number of quaternary nitrogens is 1. The first kappa shape index (κ1) is 25.6. The molecule has 0 radical (unpaired) electrons. The lowest BCUT2D eigenvalue weighted by Gasteiger charge is -2.36. The minimum absolute atomic E-state index is 0. The van der Waals surface area contributed by atoms with Gasteiger partial charge in [-0.1, -0.05) is 0 Å². The number of hydrogen-bond acceptors (Lipinski definition) is 7. The predicted molar refractivity (Wildman–Crippen MR) is 123 cm³/mol. The molecule has 1 aliphatic heterocycles. The number of carbonyl (C=O) groups is 1. The molecule has 0 saturated carbocycles. The lowest BCUT2D eigenvalue weighted by molar-refractivity contribution is -0.903. The van der Waals surface area contributed by atoms with Crippen LogP contribution in [0.25, 0.3) is 0 Å². The van der Waals surface area contributed by atoms with Gasteiger partial charge in [0, 0.05) is 28.9 Å². The first-order chi connectivity index (χ1) is 16.0. The highest BCUT2D eigenvalue weighted by Crippen LogP contribution is 2.45. The molecule has 184 valence electrons. The lowest BCUT2D eigenvalue weighted by atomic mass is 9.81. The van der Waals surface area contributed by atoms with Crippen LogP contribution in [0, 0.1) is 16.0 Å². The molecule has 1 aliphatic carbocycles. The van der Waals surface area contributed by atoms with E-state index in [1.807, 2.05) is 0 Å². The van der Waals surface area contributed by atoms with E-state index in [4.69, 9.17) is 14.2 Å². The van der Waals surface area contributed by atoms with Crippen LogP contribution in [0.3, 0.4) is 0 Å². The van der Waals surface area contributed by atoms with Crippen molar-refractivity contribution in [3.63, 3.8) is 0 Å². The summed E-state index contributed by atoms with van der Waals surface area (Å²) in [7, 11) is 4.71. The Morgan fingerprint density at radius 3 is 2.26 bits per heavy atom. The van der Waals surface area contributed by atoms with Crippen molar-refractivity contribution in [3.05, 3.63) is 51.6 Å². The van der Waals surface area contributed by atoms with Gasteiger partial charge < -0.3 is 36.4 Å². The topological polar surface area (TPSA) is 95.6 Å². The molecule has 0 aromatic heterocycles. The number of Topliss-reactive ketones (excluding diaryl/α,β-unsaturated/α-hetero) is 1. The number of nitro benzene ring substituents is 1. The number of carbonyl (C=O) groups excluding carboxylic acids is 1. The van der Waals surface area contributed by atoms with Gasteiger partial charge in [0.2, 0.25) is 5.75 Å². The summed E-state index contributed by atoms with van der Waals surface area (Å²) < 4.78 is 16.5. The highest BCUT2D eigenvalue weighted by atomic mass is 35.5. The summed E-state index contributed by atoms with van der Waals surface area (Å²) >= 11 is 0. The Hall–Kier alpha value is -3.04. The van der Waals surface area contributed by atoms with Gasteiger partial charge in [0.05, 0.1) is 64.9 Å². The molecule has 2 aliphatic rings. The molecular weight excluding hydrogens is 462 g/mol. The second kappa shape index (κ2) is 10.9. The molecule has 34 heavy (non-hydrogen) atoms. The van der Waals surface area contributed by atoms with Gasteiger partial charge in [0.15, 0.2) is 17.3 Å². The predicted octanol–water partition coefficient (Wildman–Crippen LogP) is -1.23. The van der Waals surface area contributed by atoms with Crippen molar-refractivity contribution in [3.8, 4) is 17.2 Å². The van der Waals surface area contributed by atoms with Gasteiger partial charge >= 0.3 is 0 Å². The number of ether oxygens (including phenoxy) is 3. The fourth-order valence-corrected chi connectivity index (χ4v) is 4.97. The normalized spacial score (nSPS) is 18.0. The van der Waals surface area contributed by atoms with E-state index in [0.29, 0.717) is 22.8 Å². The van der Waals surface area contributed by atoms with Gasteiger partial charge in [0.25, 0.3) is 5.69 Å². The standard InChI is InChI=1S/C24H29N3O6.ClH/c1-31-21-14-20-19(23(32-2)24(21)33-3)9-4-16(22(20)28)15-25-10-12-26(13-11-25)17-5-7-18(8-6-17)27(29)30;/h5-8,14,16H,4,9-13,15H2,1-3H3;1H. The van der Waals surface area contributed by atoms with Crippen molar-refractivity contribution >= 4 is 17.2 Å². The van der Waals surface area contributed by atoms with Crippen LogP contribution in [0.1, 0.15) is 22.3 Å². The number of anilines is 1. The van der Waals surface area contributed by atoms with Crippen molar-refractivity contribution in [2.24, 2.45) is 5.92 Å². The molecule has 10 heteroatoms. The summed E-state index contributed by atoms with van der Waals surface area (Å²) in [6, 6.07) is 8.49. The molecule has 4 rings (SSSR count). The third-order valence-electron chi connectivity index (χ3n) is 6.74. The number of methoxy groups -OCH3 is 3. The Kier molecular flexibility index (Phi) is 8.22. The number of piperazine rings is 1. The maximum Gasteiger partial charge on any atom is 0.269 e. The minimum atomic E-state index is -0.382. The molecule has 9 nitrogen and oxygen atoms in total. The van der Waals surface area contributed by atoms with E-state index >= 15 is 0 Å². The van der Waals surface area contributed by atoms with Crippen molar-refractivity contribution in [2.45, 2.75) is 12.8 Å². The first-order valence-corrected chi connectivity index (χ1v) is 11.2. The Morgan fingerprint density at radius 1 is 1.06 bits per heavy atom. The Balaban J connectivity index is 0.00000324. The zero-order valence-corrected chi connectivity index (χ0v) is 20.4. The van der Waals surface area contributed by atoms with Crippen LogP contribution in [0.15, 0.2) is 30.3 Å². The van der Waals surface area contributed by atoms with E-state index in [1.54, 1.807) is 51.7 Å². The summed E-state index contributed by atoms with van der Waals surface area (Å²) in [5.74, 6) is 1.72. The second-order valence-electron chi connectivity index (χ2n) is 8.49. The van der Waals surface area contributed by atoms with E-state index in [9.17, 15) is 14.9 Å². The third-order valence-corrected chi connectivity index (χ3v) is 6.74. The molecule has 1 saturated heterocycles. The van der Waals surface area contributed by atoms with E-state index in [-0.39, 0.29) is 34.7 Å². The van der Waals surface area contributed by atoms with Crippen molar-refractivity contribution in [1.29, 1.82) is 0 Å². The fourth-order valence-electron chi connectivity index (χ4n) is 4.97. The number of halogens is 1. The Labute approximate surface area is 205 Å². The SMILES string of the molecule is COc1cc2c(c(OC)c1OC)CCC(C[NH+]1CCN(c3ccc([N+](=O)[O-])cc3)CC1)C2=O.[Cl-]. The number of hydrogen-bond donors (Lipinski definition) is 1. The maximum atomic E-state index is 13.4. The largest absolute Gasteiger partial charge is 1.00 e. The number of rotatable bonds is 7. The number of nitrogens with zero attached hydrogens (tertiary/aromatic N) is 2. The van der Waals surface area contributed by atoms with Crippen LogP contribution in [0.4, 0.5) is 11.4 Å². The van der Waals surface area contributed by atoms with Gasteiger partial charge in [-0.05, 0) is 31.0 Å². The zero-order chi connectivity index (χ0) is 23.5. The molecule has 1 atom stereocenters. The average molecular weight is 492 g/mol. The van der Waals surface area contributed by atoms with Crippen LogP contribution in [0.2, 0.25) is 0 Å². The van der Waals surface area contributed by atoms with Gasteiger partial charge in [-0.2, -0.15) is 0 Å². The summed E-state index contributed by atoms with van der Waals surface area (Å²) in [6.07, 6.45) is 1.55. The van der Waals surface area contributed by atoms with Crippen LogP contribution in [-0.4, -0.2) is 64.8 Å². The van der Waals surface area contributed by atoms with Gasteiger partial charge in [-0.25, -0.2) is 0 Å². The number of nitro groups is 1. The third kappa shape index (κ3) is 4.90. The van der Waals surface area contributed by atoms with Gasteiger partial charge in [0.1, 0.15) is 0 Å². The monoisotopic (exact) mass is 491 g/mol. The van der Waals surface area contributed by atoms with Crippen LogP contribution in [-0.2, 0) is 6.42 Å². The van der Waals surface area contributed by atoms with Gasteiger partial charge in [-0.3, -0.25) is 14.9 Å². The van der Waals surface area contributed by atoms with Crippen molar-refractivity contribution in [1.82, 2.24) is 0 Å². The average Bonchev–Trinajstić information content (AvgIpc) is 2.85. The van der Waals surface area contributed by atoms with Crippen LogP contribution < -0.4 is 36.4 Å². The first-order valence-electron chi connectivity index (χ1n) is 11.2. The van der Waals surface area contributed by atoms with E-state index in [2.05, 4.69) is 4.90 Å². The quantitative estimate of drug-likeness (QED) is 0.383. The van der Waals surface area contributed by atoms with Gasteiger partial charge in [-0.15, -0.1) is 0 Å². The van der Waals surface area contributed by atoms with Crippen LogP contribution >= 0.6 is 0 Å². The molecule has 2 aromatic rings. The van der Waals surface area contributed by atoms with E-state index < -0.39 is 0 Å². The smallest absolute Gasteiger partial charge is 0.269 e. The number of nitrogens with one attached hydrogen (secondary N) is 1. The summed E-state index contributed by atoms with van der Waals surface area (Å²) in [4.78, 5) is 27.5. The van der Waals surface area contributed by atoms with E-state index in [0.717, 1.165) is 56.8 Å². The summed E-state index contributed by atoms with van der Waals surface area (Å²) in [5.41, 5.74) is 2.67. The number of ketones is 1. The van der Waals surface area contributed by atoms with E-state index in [1.165, 1.54) is 4.90 Å². The molecule has 1 N–H and O–H groups in total. The Morgan fingerprint density at radius 2 is 1.71 bits per heavy atom. The summed E-state index contributed by atoms with van der Waals surface area (Å²) in [6.45, 7) is 4.34. The number of fused-ring (bicyclic) bond motifs is 1. The Bertz CT molecular complexity index is 1040. The zero-order valence-electron chi connectivity index (χ0n) is 19.6.